The van der Waals surface area contributed by atoms with Crippen LogP contribution in [0.2, 0.25) is 5.02 Å². The van der Waals surface area contributed by atoms with Gasteiger partial charge in [-0.1, -0.05) is 47.1 Å². The Hall–Kier alpha value is -4.25. The number of benzene rings is 2. The molecule has 33 heavy (non-hydrogen) atoms. The molecule has 0 aliphatic carbocycles. The molecule has 4 rings (SSSR count). The predicted octanol–water partition coefficient (Wildman–Crippen LogP) is 2.68. The number of hydrogen-bond donors (Lipinski definition) is 2. The number of anilines is 2. The zero-order chi connectivity index (χ0) is 23.4. The van der Waals surface area contributed by atoms with Crippen molar-refractivity contribution in [3.8, 4) is 5.82 Å². The number of nitrogens with zero attached hydrogens (tertiary/aromatic N) is 7. The number of nitrogens with two attached hydrogens (primary N) is 1. The first-order valence-corrected chi connectivity index (χ1v) is 10.2. The minimum atomic E-state index is -0.547. The summed E-state index contributed by atoms with van der Waals surface area (Å²) in [6.45, 7) is 2.03. The molecule has 0 saturated heterocycles. The highest BCUT2D eigenvalue weighted by Gasteiger charge is 2.25. The van der Waals surface area contributed by atoms with Crippen molar-refractivity contribution in [1.82, 2.24) is 30.7 Å². The Morgan fingerprint density at radius 3 is 2.70 bits per heavy atom. The van der Waals surface area contributed by atoms with Gasteiger partial charge in [0.1, 0.15) is 0 Å². The monoisotopic (exact) mass is 465 g/mol. The van der Waals surface area contributed by atoms with Gasteiger partial charge in [-0.15, -0.1) is 5.10 Å². The lowest BCUT2D eigenvalue weighted by molar-refractivity contribution is 0.0949. The molecular formula is C21H20ClN9O2. The third-order valence-electron chi connectivity index (χ3n) is 4.83. The maximum Gasteiger partial charge on any atom is 0.293 e. The summed E-state index contributed by atoms with van der Waals surface area (Å²) in [7, 11) is 1.88. The first kappa shape index (κ1) is 22.0. The van der Waals surface area contributed by atoms with Crippen molar-refractivity contribution in [3.63, 3.8) is 0 Å². The van der Waals surface area contributed by atoms with Gasteiger partial charge in [-0.2, -0.15) is 9.78 Å². The number of nitrogen functional groups attached to an aromatic ring is 1. The van der Waals surface area contributed by atoms with Crippen molar-refractivity contribution < 1.29 is 9.42 Å². The number of aromatic nitrogens is 5. The summed E-state index contributed by atoms with van der Waals surface area (Å²) < 4.78 is 6.02. The minimum Gasteiger partial charge on any atom is -0.378 e. The fourth-order valence-corrected chi connectivity index (χ4v) is 3.28. The van der Waals surface area contributed by atoms with Crippen LogP contribution in [-0.4, -0.2) is 44.0 Å². The van der Waals surface area contributed by atoms with Crippen molar-refractivity contribution >= 4 is 34.7 Å². The quantitative estimate of drug-likeness (QED) is 0.313. The van der Waals surface area contributed by atoms with Gasteiger partial charge in [0.05, 0.1) is 18.0 Å². The van der Waals surface area contributed by atoms with Crippen molar-refractivity contribution in [2.45, 2.75) is 13.5 Å². The largest absolute Gasteiger partial charge is 0.378 e. The summed E-state index contributed by atoms with van der Waals surface area (Å²) in [6, 6.07) is 16.8. The van der Waals surface area contributed by atoms with Crippen LogP contribution in [0.25, 0.3) is 5.82 Å². The molecule has 0 fully saturated rings. The average Bonchev–Trinajstić information content (AvgIpc) is 3.43. The van der Waals surface area contributed by atoms with Crippen LogP contribution < -0.4 is 16.1 Å². The average molecular weight is 466 g/mol. The fourth-order valence-electron chi connectivity index (χ4n) is 3.09. The Bertz CT molecular complexity index is 1300. The standard InChI is InChI=1S/C21H20ClN9O2/c1-13(14-7-6-8-15(22)11-14)24-26-21(32)18-17(12-30(2)16-9-4-3-5-10-16)31(29-25-18)20-19(23)27-33-28-20/h3-11H,12H2,1-2H3,(H2,23,27)(H,26,32). The normalized spacial score (nSPS) is 11.4. The number of amides is 1. The molecule has 0 unspecified atom stereocenters. The van der Waals surface area contributed by atoms with Gasteiger partial charge < -0.3 is 10.6 Å². The van der Waals surface area contributed by atoms with E-state index < -0.39 is 5.91 Å². The topological polar surface area (TPSA) is 140 Å². The smallest absolute Gasteiger partial charge is 0.293 e. The van der Waals surface area contributed by atoms with Gasteiger partial charge in [0, 0.05) is 17.8 Å². The van der Waals surface area contributed by atoms with E-state index in [9.17, 15) is 4.79 Å². The minimum absolute atomic E-state index is 0.0188. The highest BCUT2D eigenvalue weighted by Crippen LogP contribution is 2.20. The van der Waals surface area contributed by atoms with Gasteiger partial charge in [0.2, 0.25) is 11.6 Å². The second-order valence-electron chi connectivity index (χ2n) is 7.11. The van der Waals surface area contributed by atoms with Crippen LogP contribution in [0.3, 0.4) is 0 Å². The number of hydrogen-bond acceptors (Lipinski definition) is 9. The van der Waals surface area contributed by atoms with Gasteiger partial charge in [-0.05, 0) is 47.1 Å². The number of para-hydroxylation sites is 1. The molecule has 0 bridgehead atoms. The Kier molecular flexibility index (Phi) is 6.31. The first-order valence-electron chi connectivity index (χ1n) is 9.83. The lowest BCUT2D eigenvalue weighted by Gasteiger charge is -2.19. The molecule has 2 heterocycles. The predicted molar refractivity (Wildman–Crippen MR) is 123 cm³/mol. The lowest BCUT2D eigenvalue weighted by Crippen LogP contribution is -2.25. The van der Waals surface area contributed by atoms with Gasteiger partial charge in [-0.3, -0.25) is 4.79 Å². The Labute approximate surface area is 193 Å². The van der Waals surface area contributed by atoms with Crippen molar-refractivity contribution in [3.05, 3.63) is 76.6 Å². The van der Waals surface area contributed by atoms with Crippen molar-refractivity contribution in [2.75, 3.05) is 17.7 Å². The number of nitrogens with one attached hydrogen (secondary N) is 1. The second kappa shape index (κ2) is 9.49. The first-order chi connectivity index (χ1) is 15.9. The molecule has 0 aliphatic rings. The van der Waals surface area contributed by atoms with Crippen LogP contribution in [0.4, 0.5) is 11.5 Å². The van der Waals surface area contributed by atoms with Crippen LogP contribution in [0.1, 0.15) is 28.7 Å². The summed E-state index contributed by atoms with van der Waals surface area (Å²) in [5.74, 6) is -0.393. The highest BCUT2D eigenvalue weighted by molar-refractivity contribution is 6.31. The molecule has 11 nitrogen and oxygen atoms in total. The summed E-state index contributed by atoms with van der Waals surface area (Å²) in [6.07, 6.45) is 0. The third-order valence-corrected chi connectivity index (χ3v) is 5.06. The Morgan fingerprint density at radius 2 is 2.00 bits per heavy atom. The molecule has 0 radical (unpaired) electrons. The molecule has 0 spiro atoms. The van der Waals surface area contributed by atoms with E-state index in [1.807, 2.05) is 48.3 Å². The van der Waals surface area contributed by atoms with E-state index in [1.54, 1.807) is 25.1 Å². The molecule has 168 valence electrons. The maximum atomic E-state index is 13.0. The van der Waals surface area contributed by atoms with Crippen LogP contribution in [0.15, 0.2) is 64.3 Å². The molecular weight excluding hydrogens is 446 g/mol. The van der Waals surface area contributed by atoms with Crippen LogP contribution in [-0.2, 0) is 6.54 Å². The van der Waals surface area contributed by atoms with E-state index in [0.717, 1.165) is 11.3 Å². The number of carbonyl (C=O) groups is 1. The zero-order valence-electron chi connectivity index (χ0n) is 17.8. The molecule has 2 aromatic heterocycles. The molecule has 3 N–H and O–H groups in total. The van der Waals surface area contributed by atoms with E-state index in [0.29, 0.717) is 16.4 Å². The van der Waals surface area contributed by atoms with Gasteiger partial charge in [0.15, 0.2) is 5.69 Å². The SMILES string of the molecule is CC(=NNC(=O)c1nnn(-c2nonc2N)c1CN(C)c1ccccc1)c1cccc(Cl)c1. The molecule has 1 amide bonds. The van der Waals surface area contributed by atoms with Gasteiger partial charge in [-0.25, -0.2) is 10.1 Å². The number of halogens is 1. The van der Waals surface area contributed by atoms with Crippen LogP contribution >= 0.6 is 11.6 Å². The molecule has 12 heteroatoms. The Morgan fingerprint density at radius 1 is 1.21 bits per heavy atom. The molecule has 0 saturated carbocycles. The van der Waals surface area contributed by atoms with Crippen LogP contribution in [0.5, 0.6) is 0 Å². The number of hydrazone groups is 1. The zero-order valence-corrected chi connectivity index (χ0v) is 18.6. The van der Waals surface area contributed by atoms with Crippen LogP contribution in [0, 0.1) is 0 Å². The van der Waals surface area contributed by atoms with E-state index in [4.69, 9.17) is 22.0 Å². The van der Waals surface area contributed by atoms with Crippen molar-refractivity contribution in [2.24, 2.45) is 5.10 Å². The summed E-state index contributed by atoms with van der Waals surface area (Å²) in [5.41, 5.74) is 11.1. The Balaban J connectivity index is 1.64. The van der Waals surface area contributed by atoms with Gasteiger partial charge in [0.25, 0.3) is 5.91 Å². The van der Waals surface area contributed by atoms with E-state index in [1.165, 1.54) is 4.68 Å². The second-order valence-corrected chi connectivity index (χ2v) is 7.55. The molecule has 4 aromatic rings. The number of rotatable bonds is 7. The maximum absolute atomic E-state index is 13.0. The van der Waals surface area contributed by atoms with E-state index in [-0.39, 0.29) is 23.9 Å². The molecule has 2 aromatic carbocycles. The van der Waals surface area contributed by atoms with Crippen molar-refractivity contribution in [1.29, 1.82) is 0 Å². The molecule has 0 atom stereocenters. The lowest BCUT2D eigenvalue weighted by atomic mass is 10.1. The van der Waals surface area contributed by atoms with Gasteiger partial charge >= 0.3 is 0 Å². The molecule has 0 aliphatic heterocycles. The summed E-state index contributed by atoms with van der Waals surface area (Å²) >= 11 is 6.03. The highest BCUT2D eigenvalue weighted by atomic mass is 35.5. The van der Waals surface area contributed by atoms with E-state index >= 15 is 0 Å². The van der Waals surface area contributed by atoms with E-state index in [2.05, 4.69) is 31.2 Å². The third kappa shape index (κ3) is 4.83. The summed E-state index contributed by atoms with van der Waals surface area (Å²) in [5, 5.41) is 20.2. The summed E-state index contributed by atoms with van der Waals surface area (Å²) in [4.78, 5) is 14.9. The fraction of sp³-hybridized carbons (Fsp3) is 0.143. The number of carbonyl (C=O) groups excluding carboxylic acids is 1.